The van der Waals surface area contributed by atoms with Gasteiger partial charge in [0.25, 0.3) is 0 Å². The molecular formula is C23H24FN7. The SMILES string of the molecule is Fc1cc(-c2ccnc(Nc3ccc(N4CN=CN4)cc3)n2)cc(N2CCCCC2)c1. The van der Waals surface area contributed by atoms with Gasteiger partial charge in [0, 0.05) is 36.2 Å². The van der Waals surface area contributed by atoms with Gasteiger partial charge in [-0.1, -0.05) is 0 Å². The molecule has 2 aromatic carbocycles. The number of rotatable bonds is 5. The van der Waals surface area contributed by atoms with Crippen LogP contribution in [0.15, 0.2) is 59.7 Å². The summed E-state index contributed by atoms with van der Waals surface area (Å²) in [6.07, 6.45) is 6.90. The summed E-state index contributed by atoms with van der Waals surface area (Å²) >= 11 is 0. The lowest BCUT2D eigenvalue weighted by atomic mass is 10.1. The molecule has 158 valence electrons. The maximum absolute atomic E-state index is 14.4. The Kier molecular flexibility index (Phi) is 5.35. The summed E-state index contributed by atoms with van der Waals surface area (Å²) in [5.41, 5.74) is 7.30. The number of hydrazine groups is 1. The summed E-state index contributed by atoms with van der Waals surface area (Å²) in [5, 5.41) is 5.16. The lowest BCUT2D eigenvalue weighted by Crippen LogP contribution is -2.31. The van der Waals surface area contributed by atoms with Gasteiger partial charge in [0.2, 0.25) is 5.95 Å². The molecule has 5 rings (SSSR count). The minimum absolute atomic E-state index is 0.249. The molecule has 0 radical (unpaired) electrons. The molecule has 0 aliphatic carbocycles. The van der Waals surface area contributed by atoms with Crippen LogP contribution < -0.4 is 20.7 Å². The van der Waals surface area contributed by atoms with E-state index in [1.165, 1.54) is 12.5 Å². The molecule has 8 heteroatoms. The van der Waals surface area contributed by atoms with Crippen LogP contribution in [-0.2, 0) is 0 Å². The molecule has 7 nitrogen and oxygen atoms in total. The standard InChI is InChI=1S/C23H24FN7/c24-18-12-17(13-21(14-18)30-10-2-1-3-11-30)22-8-9-26-23(29-22)28-19-4-6-20(7-5-19)31-16-25-15-27-31/h4-9,12-15H,1-3,10-11,16H2,(H,25,27)(H,26,28,29). The van der Waals surface area contributed by atoms with E-state index in [9.17, 15) is 4.39 Å². The highest BCUT2D eigenvalue weighted by Crippen LogP contribution is 2.28. The summed E-state index contributed by atoms with van der Waals surface area (Å²) in [6, 6.07) is 14.9. The van der Waals surface area contributed by atoms with Crippen molar-refractivity contribution < 1.29 is 4.39 Å². The molecule has 2 N–H and O–H groups in total. The second kappa shape index (κ2) is 8.59. The number of aliphatic imine (C=N–C) groups is 1. The van der Waals surface area contributed by atoms with Crippen molar-refractivity contribution in [1.29, 1.82) is 0 Å². The van der Waals surface area contributed by atoms with Crippen LogP contribution in [0.1, 0.15) is 19.3 Å². The van der Waals surface area contributed by atoms with Gasteiger partial charge in [-0.15, -0.1) is 0 Å². The molecular weight excluding hydrogens is 393 g/mol. The molecule has 2 aliphatic heterocycles. The summed E-state index contributed by atoms with van der Waals surface area (Å²) in [7, 11) is 0. The molecule has 2 aliphatic rings. The molecule has 0 bridgehead atoms. The van der Waals surface area contributed by atoms with Gasteiger partial charge < -0.3 is 10.2 Å². The first-order valence-electron chi connectivity index (χ1n) is 10.5. The Labute approximate surface area is 180 Å². The highest BCUT2D eigenvalue weighted by atomic mass is 19.1. The Morgan fingerprint density at radius 3 is 2.55 bits per heavy atom. The fraction of sp³-hybridized carbons (Fsp3) is 0.261. The average molecular weight is 417 g/mol. The predicted octanol–water partition coefficient (Wildman–Crippen LogP) is 4.33. The van der Waals surface area contributed by atoms with Crippen LogP contribution in [-0.4, -0.2) is 36.1 Å². The van der Waals surface area contributed by atoms with Crippen molar-refractivity contribution in [2.24, 2.45) is 4.99 Å². The van der Waals surface area contributed by atoms with Crippen molar-refractivity contribution in [3.8, 4) is 11.3 Å². The van der Waals surface area contributed by atoms with Crippen molar-refractivity contribution in [3.05, 3.63) is 60.5 Å². The van der Waals surface area contributed by atoms with E-state index in [2.05, 4.69) is 30.6 Å². The lowest BCUT2D eigenvalue weighted by Gasteiger charge is -2.29. The Morgan fingerprint density at radius 1 is 0.935 bits per heavy atom. The van der Waals surface area contributed by atoms with Gasteiger partial charge in [-0.3, -0.25) is 15.4 Å². The van der Waals surface area contributed by atoms with E-state index in [1.54, 1.807) is 18.6 Å². The Balaban J connectivity index is 1.35. The summed E-state index contributed by atoms with van der Waals surface area (Å²) in [6.45, 7) is 2.52. The van der Waals surface area contributed by atoms with Gasteiger partial charge in [0.05, 0.1) is 11.4 Å². The molecule has 1 saturated heterocycles. The normalized spacial score (nSPS) is 15.8. The van der Waals surface area contributed by atoms with Gasteiger partial charge in [-0.05, 0) is 67.8 Å². The zero-order valence-corrected chi connectivity index (χ0v) is 17.1. The molecule has 3 aromatic rings. The molecule has 0 atom stereocenters. The molecule has 1 fully saturated rings. The summed E-state index contributed by atoms with van der Waals surface area (Å²) < 4.78 is 14.4. The van der Waals surface area contributed by atoms with Crippen LogP contribution in [0, 0.1) is 5.82 Å². The monoisotopic (exact) mass is 417 g/mol. The number of benzene rings is 2. The second-order valence-corrected chi connectivity index (χ2v) is 7.69. The van der Waals surface area contributed by atoms with Crippen molar-refractivity contribution in [1.82, 2.24) is 15.4 Å². The van der Waals surface area contributed by atoms with Gasteiger partial charge in [-0.25, -0.2) is 14.4 Å². The van der Waals surface area contributed by atoms with E-state index in [0.29, 0.717) is 18.3 Å². The minimum Gasteiger partial charge on any atom is -0.371 e. The predicted molar refractivity (Wildman–Crippen MR) is 122 cm³/mol. The van der Waals surface area contributed by atoms with E-state index in [4.69, 9.17) is 0 Å². The molecule has 0 spiro atoms. The topological polar surface area (TPSA) is 68.7 Å². The number of anilines is 4. The third kappa shape index (κ3) is 4.42. The number of hydrogen-bond acceptors (Lipinski definition) is 7. The zero-order valence-electron chi connectivity index (χ0n) is 17.1. The van der Waals surface area contributed by atoms with Crippen LogP contribution in [0.2, 0.25) is 0 Å². The van der Waals surface area contributed by atoms with Gasteiger partial charge >= 0.3 is 0 Å². The Hall–Kier alpha value is -3.68. The van der Waals surface area contributed by atoms with Crippen molar-refractivity contribution in [2.75, 3.05) is 35.0 Å². The second-order valence-electron chi connectivity index (χ2n) is 7.69. The maximum atomic E-state index is 14.4. The number of halogens is 1. The third-order valence-corrected chi connectivity index (χ3v) is 5.52. The lowest BCUT2D eigenvalue weighted by molar-refractivity contribution is 0.574. The van der Waals surface area contributed by atoms with E-state index < -0.39 is 0 Å². The maximum Gasteiger partial charge on any atom is 0.227 e. The van der Waals surface area contributed by atoms with Gasteiger partial charge in [0.15, 0.2) is 0 Å². The quantitative estimate of drug-likeness (QED) is 0.644. The Bertz CT molecular complexity index is 1070. The number of nitrogens with one attached hydrogen (secondary N) is 2. The van der Waals surface area contributed by atoms with Crippen molar-refractivity contribution in [3.63, 3.8) is 0 Å². The Morgan fingerprint density at radius 2 is 1.77 bits per heavy atom. The van der Waals surface area contributed by atoms with Gasteiger partial charge in [-0.2, -0.15) is 0 Å². The summed E-state index contributed by atoms with van der Waals surface area (Å²) in [4.78, 5) is 15.3. The van der Waals surface area contributed by atoms with E-state index in [0.717, 1.165) is 48.6 Å². The first-order chi connectivity index (χ1) is 15.2. The van der Waals surface area contributed by atoms with Crippen LogP contribution in [0.25, 0.3) is 11.3 Å². The first kappa shape index (κ1) is 19.3. The van der Waals surface area contributed by atoms with Crippen LogP contribution in [0.5, 0.6) is 0 Å². The van der Waals surface area contributed by atoms with E-state index in [1.807, 2.05) is 41.4 Å². The first-order valence-corrected chi connectivity index (χ1v) is 10.5. The number of nitrogens with zero attached hydrogens (tertiary/aromatic N) is 5. The fourth-order valence-corrected chi connectivity index (χ4v) is 3.92. The van der Waals surface area contributed by atoms with Gasteiger partial charge in [0.1, 0.15) is 18.8 Å². The van der Waals surface area contributed by atoms with E-state index >= 15 is 0 Å². The molecule has 1 aromatic heterocycles. The number of hydrogen-bond donors (Lipinski definition) is 2. The molecule has 0 unspecified atom stereocenters. The number of piperidine rings is 1. The van der Waals surface area contributed by atoms with Crippen molar-refractivity contribution >= 4 is 29.3 Å². The van der Waals surface area contributed by atoms with Crippen LogP contribution in [0.4, 0.5) is 27.4 Å². The molecule has 0 saturated carbocycles. The summed E-state index contributed by atoms with van der Waals surface area (Å²) in [5.74, 6) is 0.220. The zero-order chi connectivity index (χ0) is 21.0. The molecule has 3 heterocycles. The molecule has 0 amide bonds. The average Bonchev–Trinajstić information content (AvgIpc) is 3.35. The fourth-order valence-electron chi connectivity index (χ4n) is 3.92. The minimum atomic E-state index is -0.249. The molecule has 31 heavy (non-hydrogen) atoms. The van der Waals surface area contributed by atoms with Crippen molar-refractivity contribution in [2.45, 2.75) is 19.3 Å². The van der Waals surface area contributed by atoms with Crippen LogP contribution >= 0.6 is 0 Å². The smallest absolute Gasteiger partial charge is 0.227 e. The highest BCUT2D eigenvalue weighted by Gasteiger charge is 2.14. The largest absolute Gasteiger partial charge is 0.371 e. The van der Waals surface area contributed by atoms with Crippen LogP contribution in [0.3, 0.4) is 0 Å². The third-order valence-electron chi connectivity index (χ3n) is 5.52. The highest BCUT2D eigenvalue weighted by molar-refractivity contribution is 5.68. The van der Waals surface area contributed by atoms with E-state index in [-0.39, 0.29) is 5.82 Å². The number of aromatic nitrogens is 2.